The first-order valence-electron chi connectivity index (χ1n) is 9.08. The van der Waals surface area contributed by atoms with E-state index in [2.05, 4.69) is 19.4 Å². The van der Waals surface area contributed by atoms with Crippen molar-refractivity contribution in [3.8, 4) is 5.75 Å². The van der Waals surface area contributed by atoms with E-state index < -0.39 is 24.5 Å². The first-order chi connectivity index (χ1) is 14.5. The van der Waals surface area contributed by atoms with Crippen molar-refractivity contribution in [1.82, 2.24) is 13.6 Å². The molecule has 1 unspecified atom stereocenters. The van der Waals surface area contributed by atoms with Gasteiger partial charge in [-0.2, -0.15) is 21.9 Å². The molecule has 3 aromatic rings. The Labute approximate surface area is 180 Å². The zero-order chi connectivity index (χ0) is 22.8. The Morgan fingerprint density at radius 1 is 1.23 bits per heavy atom. The number of carbonyl (C=O) groups excluding carboxylic acids is 1. The van der Waals surface area contributed by atoms with E-state index in [4.69, 9.17) is 4.42 Å². The predicted octanol–water partition coefficient (Wildman–Crippen LogP) is 4.70. The summed E-state index contributed by atoms with van der Waals surface area (Å²) in [4.78, 5) is 13.5. The number of furan rings is 1. The Balaban J connectivity index is 1.87. The second-order valence-electron chi connectivity index (χ2n) is 6.95. The minimum absolute atomic E-state index is 0.0528. The summed E-state index contributed by atoms with van der Waals surface area (Å²) in [5, 5.41) is 16.0. The molecular weight excluding hydrogens is 435 g/mol. The summed E-state index contributed by atoms with van der Waals surface area (Å²) in [5.74, 6) is 0.0199. The molecule has 0 aliphatic rings. The predicted molar refractivity (Wildman–Crippen MR) is 110 cm³/mol. The highest BCUT2D eigenvalue weighted by atomic mass is 32.1. The molecule has 31 heavy (non-hydrogen) atoms. The van der Waals surface area contributed by atoms with Gasteiger partial charge in [0.15, 0.2) is 17.4 Å². The number of phenols is 1. The summed E-state index contributed by atoms with van der Waals surface area (Å²) < 4.78 is 52.8. The Kier molecular flexibility index (Phi) is 6.39. The average molecular weight is 455 g/mol. The lowest BCUT2D eigenvalue weighted by Gasteiger charge is -2.19. The molecule has 0 spiro atoms. The fraction of sp³-hybridized carbons (Fsp3) is 0.316. The number of carbonyl (C=O) groups is 1. The summed E-state index contributed by atoms with van der Waals surface area (Å²) >= 11 is 0.773. The van der Waals surface area contributed by atoms with Crippen LogP contribution in [0.1, 0.15) is 34.3 Å². The van der Waals surface area contributed by atoms with Crippen LogP contribution in [0.5, 0.6) is 5.75 Å². The number of aromatic hydroxyl groups is 1. The van der Waals surface area contributed by atoms with Crippen LogP contribution < -0.4 is 10.6 Å². The molecule has 12 heteroatoms. The molecule has 1 amide bonds. The van der Waals surface area contributed by atoms with Crippen molar-refractivity contribution >= 4 is 35.0 Å². The van der Waals surface area contributed by atoms with Crippen molar-refractivity contribution in [3.05, 3.63) is 47.4 Å². The van der Waals surface area contributed by atoms with Gasteiger partial charge in [-0.25, -0.2) is 0 Å². The fourth-order valence-electron chi connectivity index (χ4n) is 2.81. The molecule has 2 aromatic heterocycles. The second kappa shape index (κ2) is 8.84. The minimum Gasteiger partial charge on any atom is -0.505 e. The summed E-state index contributed by atoms with van der Waals surface area (Å²) in [6.45, 7) is 1.64. The monoisotopic (exact) mass is 455 g/mol. The lowest BCUT2D eigenvalue weighted by atomic mass is 10.1. The zero-order valence-electron chi connectivity index (χ0n) is 16.8. The minimum atomic E-state index is -4.45. The van der Waals surface area contributed by atoms with Crippen molar-refractivity contribution in [2.75, 3.05) is 24.7 Å². The molecular formula is C19H20F3N5O3S. The van der Waals surface area contributed by atoms with Crippen molar-refractivity contribution < 1.29 is 27.5 Å². The second-order valence-corrected chi connectivity index (χ2v) is 7.48. The summed E-state index contributed by atoms with van der Waals surface area (Å²) in [5.41, 5.74) is 0.221. The van der Waals surface area contributed by atoms with Gasteiger partial charge in [-0.05, 0) is 31.2 Å². The molecule has 166 valence electrons. The first kappa shape index (κ1) is 22.4. The van der Waals surface area contributed by atoms with Gasteiger partial charge in [-0.1, -0.05) is 6.07 Å². The van der Waals surface area contributed by atoms with Crippen LogP contribution in [0, 0.1) is 6.92 Å². The third-order valence-corrected chi connectivity index (χ3v) is 4.79. The average Bonchev–Trinajstić information content (AvgIpc) is 3.30. The van der Waals surface area contributed by atoms with Crippen LogP contribution in [-0.4, -0.2) is 44.9 Å². The highest BCUT2D eigenvalue weighted by Gasteiger charge is 2.35. The van der Waals surface area contributed by atoms with Gasteiger partial charge in [-0.15, -0.1) is 0 Å². The normalized spacial score (nSPS) is 12.5. The van der Waals surface area contributed by atoms with Crippen molar-refractivity contribution in [2.24, 2.45) is 0 Å². The molecule has 0 radical (unpaired) electrons. The fourth-order valence-corrected chi connectivity index (χ4v) is 3.29. The number of anilines is 3. The number of rotatable bonds is 7. The SMILES string of the molecule is Cc1ccc(C(CC(F)(F)F)Nc2nsnc2Nc2cccc(C(=O)N(C)C)c2O)o1. The van der Waals surface area contributed by atoms with Gasteiger partial charge in [0.2, 0.25) is 0 Å². The molecule has 0 bridgehead atoms. The number of hydrogen-bond donors (Lipinski definition) is 3. The Hall–Kier alpha value is -3.28. The lowest BCUT2D eigenvalue weighted by Crippen LogP contribution is -2.22. The van der Waals surface area contributed by atoms with Crippen LogP contribution in [0.15, 0.2) is 34.7 Å². The van der Waals surface area contributed by atoms with Crippen molar-refractivity contribution in [1.29, 1.82) is 0 Å². The van der Waals surface area contributed by atoms with Crippen LogP contribution in [0.2, 0.25) is 0 Å². The van der Waals surface area contributed by atoms with Crippen LogP contribution in [-0.2, 0) is 0 Å². The first-order valence-corrected chi connectivity index (χ1v) is 9.81. The maximum absolute atomic E-state index is 13.1. The van der Waals surface area contributed by atoms with Gasteiger partial charge >= 0.3 is 6.18 Å². The molecule has 1 aromatic carbocycles. The van der Waals surface area contributed by atoms with Gasteiger partial charge in [0, 0.05) is 14.1 Å². The van der Waals surface area contributed by atoms with E-state index in [1.54, 1.807) is 33.2 Å². The highest BCUT2D eigenvalue weighted by molar-refractivity contribution is 6.99. The number of phenolic OH excluding ortho intramolecular Hbond substituents is 1. The van der Waals surface area contributed by atoms with Gasteiger partial charge in [0.25, 0.3) is 5.91 Å². The van der Waals surface area contributed by atoms with E-state index in [0.717, 1.165) is 11.7 Å². The van der Waals surface area contributed by atoms with Gasteiger partial charge in [0.05, 0.1) is 35.4 Å². The quantitative estimate of drug-likeness (QED) is 0.444. The Bertz CT molecular complexity index is 1060. The number of benzene rings is 1. The van der Waals surface area contributed by atoms with E-state index in [0.29, 0.717) is 5.76 Å². The summed E-state index contributed by atoms with van der Waals surface area (Å²) in [6, 6.07) is 6.34. The van der Waals surface area contributed by atoms with Crippen LogP contribution >= 0.6 is 11.7 Å². The van der Waals surface area contributed by atoms with Crippen LogP contribution in [0.25, 0.3) is 0 Å². The molecule has 0 aliphatic heterocycles. The van der Waals surface area contributed by atoms with Crippen molar-refractivity contribution in [2.45, 2.75) is 25.6 Å². The van der Waals surface area contributed by atoms with Crippen LogP contribution in [0.4, 0.5) is 30.5 Å². The van der Waals surface area contributed by atoms with E-state index in [1.807, 2.05) is 0 Å². The number of nitrogens with zero attached hydrogens (tertiary/aromatic N) is 3. The molecule has 1 atom stereocenters. The lowest BCUT2D eigenvalue weighted by molar-refractivity contribution is -0.138. The Morgan fingerprint density at radius 2 is 1.94 bits per heavy atom. The van der Waals surface area contributed by atoms with Gasteiger partial charge < -0.3 is 25.1 Å². The molecule has 8 nitrogen and oxygen atoms in total. The molecule has 2 heterocycles. The molecule has 3 rings (SSSR count). The summed E-state index contributed by atoms with van der Waals surface area (Å²) in [6.07, 6.45) is -5.64. The number of hydrogen-bond acceptors (Lipinski definition) is 8. The largest absolute Gasteiger partial charge is 0.505 e. The molecule has 0 fully saturated rings. The molecule has 0 aliphatic carbocycles. The topological polar surface area (TPSA) is 104 Å². The molecule has 3 N–H and O–H groups in total. The van der Waals surface area contributed by atoms with E-state index in [-0.39, 0.29) is 34.4 Å². The smallest absolute Gasteiger partial charge is 0.391 e. The summed E-state index contributed by atoms with van der Waals surface area (Å²) in [7, 11) is 3.09. The van der Waals surface area contributed by atoms with E-state index in [1.165, 1.54) is 23.1 Å². The molecule has 0 saturated carbocycles. The Morgan fingerprint density at radius 3 is 2.55 bits per heavy atom. The van der Waals surface area contributed by atoms with E-state index >= 15 is 0 Å². The third-order valence-electron chi connectivity index (χ3n) is 4.27. The number of alkyl halides is 3. The number of aryl methyl sites for hydroxylation is 1. The zero-order valence-corrected chi connectivity index (χ0v) is 17.6. The van der Waals surface area contributed by atoms with Gasteiger partial charge in [0.1, 0.15) is 11.5 Å². The van der Waals surface area contributed by atoms with E-state index in [9.17, 15) is 23.1 Å². The number of para-hydroxylation sites is 1. The number of amides is 1. The van der Waals surface area contributed by atoms with Crippen LogP contribution in [0.3, 0.4) is 0 Å². The maximum Gasteiger partial charge on any atom is 0.391 e. The van der Waals surface area contributed by atoms with Gasteiger partial charge in [-0.3, -0.25) is 4.79 Å². The molecule has 0 saturated heterocycles. The number of aromatic nitrogens is 2. The maximum atomic E-state index is 13.1. The highest BCUT2D eigenvalue weighted by Crippen LogP contribution is 2.36. The van der Waals surface area contributed by atoms with Crippen molar-refractivity contribution in [3.63, 3.8) is 0 Å². The standard InChI is InChI=1S/C19H20F3N5O3S/c1-10-7-8-14(30-10)13(9-19(20,21)22)24-17-16(25-31-26-17)23-12-6-4-5-11(15(12)28)18(29)27(2)3/h4-8,13,28H,9H2,1-3H3,(H,23,25)(H,24,26). The number of nitrogens with one attached hydrogen (secondary N) is 2. The third kappa shape index (κ3) is 5.45. The number of halogens is 3.